The summed E-state index contributed by atoms with van der Waals surface area (Å²) in [5.74, 6) is 0.0880. The SMILES string of the molecule is O=C1CCC(CNC(=O)C2CNCCN2)N1. The molecule has 4 N–H and O–H groups in total. The lowest BCUT2D eigenvalue weighted by molar-refractivity contribution is -0.124. The van der Waals surface area contributed by atoms with Gasteiger partial charge in [0.05, 0.1) is 6.04 Å². The smallest absolute Gasteiger partial charge is 0.238 e. The molecule has 2 fully saturated rings. The van der Waals surface area contributed by atoms with E-state index < -0.39 is 0 Å². The number of carbonyl (C=O) groups excluding carboxylic acids is 2. The Morgan fingerprint density at radius 3 is 2.94 bits per heavy atom. The van der Waals surface area contributed by atoms with Gasteiger partial charge in [-0.3, -0.25) is 9.59 Å². The van der Waals surface area contributed by atoms with Gasteiger partial charge in [-0.15, -0.1) is 0 Å². The summed E-state index contributed by atoms with van der Waals surface area (Å²) in [5.41, 5.74) is 0. The van der Waals surface area contributed by atoms with Crippen molar-refractivity contribution >= 4 is 11.8 Å². The monoisotopic (exact) mass is 226 g/mol. The fourth-order valence-electron chi connectivity index (χ4n) is 2.02. The number of piperazine rings is 1. The van der Waals surface area contributed by atoms with Gasteiger partial charge >= 0.3 is 0 Å². The highest BCUT2D eigenvalue weighted by molar-refractivity contribution is 5.82. The third-order valence-electron chi connectivity index (χ3n) is 2.97. The molecule has 2 heterocycles. The molecule has 2 aliphatic rings. The van der Waals surface area contributed by atoms with Crippen LogP contribution in [-0.4, -0.2) is 50.1 Å². The van der Waals surface area contributed by atoms with E-state index in [2.05, 4.69) is 21.3 Å². The van der Waals surface area contributed by atoms with E-state index in [4.69, 9.17) is 0 Å². The van der Waals surface area contributed by atoms with Crippen molar-refractivity contribution in [3.63, 3.8) is 0 Å². The molecule has 2 unspecified atom stereocenters. The Bertz CT molecular complexity index is 276. The zero-order valence-electron chi connectivity index (χ0n) is 9.21. The maximum Gasteiger partial charge on any atom is 0.238 e. The normalized spacial score (nSPS) is 29.9. The van der Waals surface area contributed by atoms with E-state index in [1.807, 2.05) is 0 Å². The molecular formula is C10H18N4O2. The molecule has 6 heteroatoms. The van der Waals surface area contributed by atoms with E-state index in [0.717, 1.165) is 19.5 Å². The van der Waals surface area contributed by atoms with Crippen molar-refractivity contribution in [1.29, 1.82) is 0 Å². The van der Waals surface area contributed by atoms with Crippen LogP contribution in [0.15, 0.2) is 0 Å². The molecule has 0 aromatic rings. The van der Waals surface area contributed by atoms with E-state index in [-0.39, 0.29) is 23.9 Å². The summed E-state index contributed by atoms with van der Waals surface area (Å²) in [4.78, 5) is 22.7. The number of hydrogen-bond donors (Lipinski definition) is 4. The first kappa shape index (κ1) is 11.3. The Labute approximate surface area is 94.5 Å². The van der Waals surface area contributed by atoms with E-state index >= 15 is 0 Å². The first-order chi connectivity index (χ1) is 7.75. The molecule has 0 spiro atoms. The number of rotatable bonds is 3. The maximum absolute atomic E-state index is 11.7. The second-order valence-corrected chi connectivity index (χ2v) is 4.26. The molecule has 90 valence electrons. The molecule has 0 aromatic carbocycles. The molecule has 2 aliphatic heterocycles. The van der Waals surface area contributed by atoms with Gasteiger partial charge in [0, 0.05) is 38.6 Å². The van der Waals surface area contributed by atoms with Crippen molar-refractivity contribution in [2.75, 3.05) is 26.2 Å². The summed E-state index contributed by atoms with van der Waals surface area (Å²) < 4.78 is 0. The van der Waals surface area contributed by atoms with Gasteiger partial charge in [0.15, 0.2) is 0 Å². The predicted molar refractivity (Wildman–Crippen MR) is 58.8 cm³/mol. The first-order valence-corrected chi connectivity index (χ1v) is 5.77. The van der Waals surface area contributed by atoms with Gasteiger partial charge in [-0.1, -0.05) is 0 Å². The Balaban J connectivity index is 1.68. The van der Waals surface area contributed by atoms with Crippen LogP contribution in [0.4, 0.5) is 0 Å². The van der Waals surface area contributed by atoms with E-state index in [0.29, 0.717) is 19.5 Å². The zero-order valence-corrected chi connectivity index (χ0v) is 9.21. The Morgan fingerprint density at radius 2 is 2.31 bits per heavy atom. The van der Waals surface area contributed by atoms with Crippen LogP contribution in [0.3, 0.4) is 0 Å². The van der Waals surface area contributed by atoms with Crippen molar-refractivity contribution in [3.05, 3.63) is 0 Å². The highest BCUT2D eigenvalue weighted by Gasteiger charge is 2.24. The molecule has 6 nitrogen and oxygen atoms in total. The summed E-state index contributed by atoms with van der Waals surface area (Å²) in [5, 5.41) is 12.0. The van der Waals surface area contributed by atoms with Gasteiger partial charge in [-0.25, -0.2) is 0 Å². The molecule has 0 saturated carbocycles. The van der Waals surface area contributed by atoms with E-state index in [1.54, 1.807) is 0 Å². The Kier molecular flexibility index (Phi) is 3.74. The minimum atomic E-state index is -0.147. The zero-order chi connectivity index (χ0) is 11.4. The lowest BCUT2D eigenvalue weighted by atomic mass is 10.2. The van der Waals surface area contributed by atoms with Crippen LogP contribution in [0.2, 0.25) is 0 Å². The van der Waals surface area contributed by atoms with Gasteiger partial charge in [-0.2, -0.15) is 0 Å². The molecule has 0 aromatic heterocycles. The number of hydrogen-bond acceptors (Lipinski definition) is 4. The minimum absolute atomic E-state index is 0.00773. The predicted octanol–water partition coefficient (Wildman–Crippen LogP) is -2.06. The van der Waals surface area contributed by atoms with Crippen molar-refractivity contribution in [2.45, 2.75) is 24.9 Å². The fraction of sp³-hybridized carbons (Fsp3) is 0.800. The molecule has 2 atom stereocenters. The second kappa shape index (κ2) is 5.27. The molecule has 0 radical (unpaired) electrons. The van der Waals surface area contributed by atoms with Crippen LogP contribution in [0.1, 0.15) is 12.8 Å². The molecule has 2 rings (SSSR count). The lowest BCUT2D eigenvalue weighted by Gasteiger charge is -2.24. The number of nitrogens with one attached hydrogen (secondary N) is 4. The highest BCUT2D eigenvalue weighted by atomic mass is 16.2. The van der Waals surface area contributed by atoms with Crippen LogP contribution in [-0.2, 0) is 9.59 Å². The molecule has 0 aliphatic carbocycles. The lowest BCUT2D eigenvalue weighted by Crippen LogP contribution is -2.56. The Morgan fingerprint density at radius 1 is 1.44 bits per heavy atom. The topological polar surface area (TPSA) is 82.3 Å². The largest absolute Gasteiger partial charge is 0.353 e. The fourth-order valence-corrected chi connectivity index (χ4v) is 2.02. The minimum Gasteiger partial charge on any atom is -0.353 e. The summed E-state index contributed by atoms with van der Waals surface area (Å²) >= 11 is 0. The number of amides is 2. The van der Waals surface area contributed by atoms with Gasteiger partial charge < -0.3 is 21.3 Å². The number of carbonyl (C=O) groups is 2. The molecule has 0 bridgehead atoms. The summed E-state index contributed by atoms with van der Waals surface area (Å²) in [6.07, 6.45) is 1.39. The Hall–Kier alpha value is -1.14. The first-order valence-electron chi connectivity index (χ1n) is 5.77. The third kappa shape index (κ3) is 2.93. The van der Waals surface area contributed by atoms with Crippen LogP contribution in [0, 0.1) is 0 Å². The highest BCUT2D eigenvalue weighted by Crippen LogP contribution is 2.04. The standard InChI is InChI=1S/C10H18N4O2/c15-9-2-1-7(14-9)5-13-10(16)8-6-11-3-4-12-8/h7-8,11-12H,1-6H2,(H,13,16)(H,14,15). The van der Waals surface area contributed by atoms with Crippen LogP contribution in [0.5, 0.6) is 0 Å². The van der Waals surface area contributed by atoms with Crippen LogP contribution >= 0.6 is 0 Å². The van der Waals surface area contributed by atoms with Gasteiger partial charge in [0.25, 0.3) is 0 Å². The molecule has 2 saturated heterocycles. The van der Waals surface area contributed by atoms with Crippen LogP contribution in [0.25, 0.3) is 0 Å². The van der Waals surface area contributed by atoms with Crippen molar-refractivity contribution in [1.82, 2.24) is 21.3 Å². The van der Waals surface area contributed by atoms with Crippen molar-refractivity contribution in [3.8, 4) is 0 Å². The third-order valence-corrected chi connectivity index (χ3v) is 2.97. The maximum atomic E-state index is 11.7. The summed E-state index contributed by atoms with van der Waals surface area (Å²) in [6, 6.07) is -0.0427. The van der Waals surface area contributed by atoms with E-state index in [9.17, 15) is 9.59 Å². The summed E-state index contributed by atoms with van der Waals surface area (Å²) in [6.45, 7) is 2.92. The van der Waals surface area contributed by atoms with Crippen molar-refractivity contribution < 1.29 is 9.59 Å². The molecular weight excluding hydrogens is 208 g/mol. The van der Waals surface area contributed by atoms with Gasteiger partial charge in [-0.05, 0) is 6.42 Å². The average molecular weight is 226 g/mol. The second-order valence-electron chi connectivity index (χ2n) is 4.26. The quantitative estimate of drug-likeness (QED) is 0.446. The van der Waals surface area contributed by atoms with Crippen molar-refractivity contribution in [2.24, 2.45) is 0 Å². The van der Waals surface area contributed by atoms with E-state index in [1.165, 1.54) is 0 Å². The summed E-state index contributed by atoms with van der Waals surface area (Å²) in [7, 11) is 0. The van der Waals surface area contributed by atoms with Gasteiger partial charge in [0.1, 0.15) is 0 Å². The average Bonchev–Trinajstić information content (AvgIpc) is 2.73. The molecule has 2 amide bonds. The molecule has 16 heavy (non-hydrogen) atoms. The van der Waals surface area contributed by atoms with Gasteiger partial charge in [0.2, 0.25) is 11.8 Å². The van der Waals surface area contributed by atoms with Crippen LogP contribution < -0.4 is 21.3 Å².